The summed E-state index contributed by atoms with van der Waals surface area (Å²) in [6.07, 6.45) is 4.30. The SMILES string of the molecule is COc1ccc(C2(NC(=S)Nc3ccc4c(c3)OCCO4)CCCC2)cc1OC. The highest BCUT2D eigenvalue weighted by molar-refractivity contribution is 7.80. The molecule has 0 aromatic heterocycles. The topological polar surface area (TPSA) is 61.0 Å². The van der Waals surface area contributed by atoms with Crippen molar-refractivity contribution in [3.8, 4) is 23.0 Å². The van der Waals surface area contributed by atoms with E-state index in [1.165, 1.54) is 0 Å². The quantitative estimate of drug-likeness (QED) is 0.710. The summed E-state index contributed by atoms with van der Waals surface area (Å²) in [5.41, 5.74) is 1.79. The number of anilines is 1. The number of hydrogen-bond donors (Lipinski definition) is 2. The molecule has 2 aromatic carbocycles. The first-order chi connectivity index (χ1) is 14.1. The molecule has 2 N–H and O–H groups in total. The molecule has 1 saturated carbocycles. The molecule has 1 aliphatic carbocycles. The summed E-state index contributed by atoms with van der Waals surface area (Å²) in [6.45, 7) is 1.13. The van der Waals surface area contributed by atoms with Gasteiger partial charge in [-0.1, -0.05) is 18.9 Å². The maximum atomic E-state index is 5.66. The molecule has 2 aromatic rings. The van der Waals surface area contributed by atoms with Gasteiger partial charge in [-0.2, -0.15) is 0 Å². The summed E-state index contributed by atoms with van der Waals surface area (Å²) >= 11 is 5.66. The van der Waals surface area contributed by atoms with Crippen LogP contribution in [0.4, 0.5) is 5.69 Å². The van der Waals surface area contributed by atoms with Gasteiger partial charge in [0.15, 0.2) is 28.1 Å². The van der Waals surface area contributed by atoms with Crippen molar-refractivity contribution in [3.63, 3.8) is 0 Å². The second kappa shape index (κ2) is 8.37. The van der Waals surface area contributed by atoms with E-state index in [9.17, 15) is 0 Å². The molecule has 0 radical (unpaired) electrons. The van der Waals surface area contributed by atoms with E-state index in [1.54, 1.807) is 14.2 Å². The Morgan fingerprint density at radius 2 is 1.66 bits per heavy atom. The summed E-state index contributed by atoms with van der Waals surface area (Å²) in [7, 11) is 3.30. The first kappa shape index (κ1) is 19.6. The van der Waals surface area contributed by atoms with Crippen LogP contribution in [-0.2, 0) is 5.54 Å². The fraction of sp³-hybridized carbons (Fsp3) is 0.409. The van der Waals surface area contributed by atoms with Crippen molar-refractivity contribution in [2.24, 2.45) is 0 Å². The molecular weight excluding hydrogens is 388 g/mol. The van der Waals surface area contributed by atoms with Crippen LogP contribution in [-0.4, -0.2) is 32.5 Å². The minimum Gasteiger partial charge on any atom is -0.493 e. The lowest BCUT2D eigenvalue weighted by Crippen LogP contribution is -2.45. The van der Waals surface area contributed by atoms with Crippen LogP contribution in [0.3, 0.4) is 0 Å². The van der Waals surface area contributed by atoms with Gasteiger partial charge in [0.05, 0.1) is 19.8 Å². The molecule has 0 unspecified atom stereocenters. The van der Waals surface area contributed by atoms with Crippen LogP contribution in [0.2, 0.25) is 0 Å². The predicted molar refractivity (Wildman–Crippen MR) is 116 cm³/mol. The zero-order valence-electron chi connectivity index (χ0n) is 16.7. The Morgan fingerprint density at radius 1 is 0.931 bits per heavy atom. The van der Waals surface area contributed by atoms with Gasteiger partial charge in [0, 0.05) is 11.8 Å². The highest BCUT2D eigenvalue weighted by Crippen LogP contribution is 2.42. The van der Waals surface area contributed by atoms with Crippen molar-refractivity contribution in [2.45, 2.75) is 31.2 Å². The average Bonchev–Trinajstić information content (AvgIpc) is 3.22. The van der Waals surface area contributed by atoms with E-state index in [4.69, 9.17) is 31.2 Å². The van der Waals surface area contributed by atoms with E-state index in [1.807, 2.05) is 30.3 Å². The first-order valence-corrected chi connectivity index (χ1v) is 10.3. The van der Waals surface area contributed by atoms with E-state index >= 15 is 0 Å². The highest BCUT2D eigenvalue weighted by Gasteiger charge is 2.37. The van der Waals surface area contributed by atoms with E-state index in [0.717, 1.165) is 59.9 Å². The fourth-order valence-corrected chi connectivity index (χ4v) is 4.41. The molecule has 1 fully saturated rings. The lowest BCUT2D eigenvalue weighted by Gasteiger charge is -2.33. The van der Waals surface area contributed by atoms with Crippen molar-refractivity contribution in [1.29, 1.82) is 0 Å². The molecule has 2 aliphatic rings. The van der Waals surface area contributed by atoms with Crippen LogP contribution in [0.5, 0.6) is 23.0 Å². The Labute approximate surface area is 176 Å². The van der Waals surface area contributed by atoms with Crippen molar-refractivity contribution in [2.75, 3.05) is 32.8 Å². The highest BCUT2D eigenvalue weighted by atomic mass is 32.1. The number of fused-ring (bicyclic) bond motifs is 1. The summed E-state index contributed by atoms with van der Waals surface area (Å²) in [5, 5.41) is 7.45. The standard InChI is InChI=1S/C22H26N2O4S/c1-25-17-7-5-15(13-19(17)26-2)22(9-3-4-10-22)24-21(29)23-16-6-8-18-20(14-16)28-12-11-27-18/h5-8,13-14H,3-4,9-12H2,1-2H3,(H2,23,24,29). The molecule has 7 heteroatoms. The zero-order valence-corrected chi connectivity index (χ0v) is 17.6. The number of thiocarbonyl (C=S) groups is 1. The van der Waals surface area contributed by atoms with E-state index in [-0.39, 0.29) is 5.54 Å². The van der Waals surface area contributed by atoms with Gasteiger partial charge in [-0.3, -0.25) is 0 Å². The second-order valence-corrected chi connectivity index (χ2v) is 7.70. The van der Waals surface area contributed by atoms with Crippen LogP contribution >= 0.6 is 12.2 Å². The Kier molecular flexibility index (Phi) is 5.67. The summed E-state index contributed by atoms with van der Waals surface area (Å²) in [6, 6.07) is 11.8. The van der Waals surface area contributed by atoms with Crippen molar-refractivity contribution in [1.82, 2.24) is 5.32 Å². The van der Waals surface area contributed by atoms with E-state index in [2.05, 4.69) is 16.7 Å². The maximum Gasteiger partial charge on any atom is 0.171 e. The molecule has 0 amide bonds. The first-order valence-electron chi connectivity index (χ1n) is 9.85. The number of methoxy groups -OCH3 is 2. The van der Waals surface area contributed by atoms with Crippen LogP contribution < -0.4 is 29.6 Å². The van der Waals surface area contributed by atoms with Gasteiger partial charge in [0.1, 0.15) is 13.2 Å². The Morgan fingerprint density at radius 3 is 2.38 bits per heavy atom. The number of hydrogen-bond acceptors (Lipinski definition) is 5. The lowest BCUT2D eigenvalue weighted by atomic mass is 9.88. The number of benzene rings is 2. The molecule has 0 bridgehead atoms. The van der Waals surface area contributed by atoms with Crippen molar-refractivity contribution < 1.29 is 18.9 Å². The fourth-order valence-electron chi connectivity index (χ4n) is 4.10. The Bertz CT molecular complexity index is 896. The smallest absolute Gasteiger partial charge is 0.171 e. The van der Waals surface area contributed by atoms with E-state index < -0.39 is 0 Å². The largest absolute Gasteiger partial charge is 0.493 e. The molecule has 1 heterocycles. The second-order valence-electron chi connectivity index (χ2n) is 7.30. The van der Waals surface area contributed by atoms with Gasteiger partial charge in [0.2, 0.25) is 0 Å². The van der Waals surface area contributed by atoms with Crippen LogP contribution in [0, 0.1) is 0 Å². The summed E-state index contributed by atoms with van der Waals surface area (Å²) in [4.78, 5) is 0. The average molecular weight is 415 g/mol. The minimum absolute atomic E-state index is 0.225. The Balaban J connectivity index is 1.53. The zero-order chi connectivity index (χ0) is 20.3. The molecule has 4 rings (SSSR count). The van der Waals surface area contributed by atoms with Gasteiger partial charge < -0.3 is 29.6 Å². The molecule has 1 aliphatic heterocycles. The number of nitrogens with one attached hydrogen (secondary N) is 2. The van der Waals surface area contributed by atoms with Crippen LogP contribution in [0.15, 0.2) is 36.4 Å². The molecule has 29 heavy (non-hydrogen) atoms. The maximum absolute atomic E-state index is 5.66. The van der Waals surface area contributed by atoms with Crippen LogP contribution in [0.1, 0.15) is 31.2 Å². The third-order valence-electron chi connectivity index (χ3n) is 5.55. The van der Waals surface area contributed by atoms with Crippen molar-refractivity contribution >= 4 is 23.0 Å². The predicted octanol–water partition coefficient (Wildman–Crippen LogP) is 4.23. The third-order valence-corrected chi connectivity index (χ3v) is 5.75. The molecule has 6 nitrogen and oxygen atoms in total. The Hall–Kier alpha value is -2.67. The van der Waals surface area contributed by atoms with Crippen LogP contribution in [0.25, 0.3) is 0 Å². The van der Waals surface area contributed by atoms with Gasteiger partial charge in [-0.25, -0.2) is 0 Å². The normalized spacial score (nSPS) is 16.8. The molecule has 0 saturated heterocycles. The lowest BCUT2D eigenvalue weighted by molar-refractivity contribution is 0.171. The minimum atomic E-state index is -0.225. The molecule has 154 valence electrons. The van der Waals surface area contributed by atoms with Gasteiger partial charge in [-0.15, -0.1) is 0 Å². The van der Waals surface area contributed by atoms with E-state index in [0.29, 0.717) is 18.3 Å². The van der Waals surface area contributed by atoms with Gasteiger partial charge in [0.25, 0.3) is 0 Å². The molecular formula is C22H26N2O4S. The summed E-state index contributed by atoms with van der Waals surface area (Å²) in [5.74, 6) is 2.95. The number of ether oxygens (including phenoxy) is 4. The van der Waals surface area contributed by atoms with Gasteiger partial charge in [-0.05, 0) is 54.9 Å². The van der Waals surface area contributed by atoms with Gasteiger partial charge >= 0.3 is 0 Å². The number of rotatable bonds is 5. The summed E-state index contributed by atoms with van der Waals surface area (Å²) < 4.78 is 22.1. The molecule has 0 spiro atoms. The molecule has 0 atom stereocenters. The third kappa shape index (κ3) is 4.05. The monoisotopic (exact) mass is 414 g/mol. The van der Waals surface area contributed by atoms with Crippen molar-refractivity contribution in [3.05, 3.63) is 42.0 Å².